The molecule has 0 aliphatic heterocycles. The molecule has 19 heavy (non-hydrogen) atoms. The number of carbonyl (C=O) groups is 4. The molecular formula is C11H12O8. The van der Waals surface area contributed by atoms with Crippen LogP contribution in [0.2, 0.25) is 0 Å². The van der Waals surface area contributed by atoms with Crippen molar-refractivity contribution in [2.45, 2.75) is 6.42 Å². The van der Waals surface area contributed by atoms with Crippen LogP contribution in [-0.2, 0) is 28.7 Å². The second-order valence-electron chi connectivity index (χ2n) is 3.23. The average Bonchev–Trinajstić information content (AvgIpc) is 2.28. The van der Waals surface area contributed by atoms with E-state index in [0.29, 0.717) is 12.5 Å². The zero-order valence-corrected chi connectivity index (χ0v) is 9.77. The summed E-state index contributed by atoms with van der Waals surface area (Å²) in [6.45, 7) is 6.15. The van der Waals surface area contributed by atoms with E-state index in [1.54, 1.807) is 0 Å². The Kier molecular flexibility index (Phi) is 6.58. The Bertz CT molecular complexity index is 389. The Morgan fingerprint density at radius 3 is 1.68 bits per heavy atom. The first kappa shape index (κ1) is 16.4. The van der Waals surface area contributed by atoms with E-state index in [2.05, 4.69) is 22.6 Å². The van der Waals surface area contributed by atoms with Gasteiger partial charge in [0.15, 0.2) is 5.92 Å². The van der Waals surface area contributed by atoms with Crippen molar-refractivity contribution in [2.24, 2.45) is 11.8 Å². The molecule has 0 saturated carbocycles. The monoisotopic (exact) mass is 272 g/mol. The molecule has 0 spiro atoms. The van der Waals surface area contributed by atoms with Crippen LogP contribution < -0.4 is 0 Å². The standard InChI is InChI=1S/C11H12O8/c1-3-18-10(16)8(11(17)19-4-2)6(9(14)15)5-7(12)13/h3-4,6,8H,1-2,5H2,(H,12,13)(H,14,15). The minimum atomic E-state index is -1.93. The van der Waals surface area contributed by atoms with Crippen LogP contribution in [0.3, 0.4) is 0 Å². The zero-order valence-electron chi connectivity index (χ0n) is 9.77. The first-order valence-corrected chi connectivity index (χ1v) is 4.92. The molecule has 0 aromatic carbocycles. The number of aliphatic carboxylic acids is 2. The molecule has 104 valence electrons. The molecule has 8 heteroatoms. The van der Waals surface area contributed by atoms with Gasteiger partial charge in [0.2, 0.25) is 0 Å². The van der Waals surface area contributed by atoms with Crippen LogP contribution in [0, 0.1) is 11.8 Å². The van der Waals surface area contributed by atoms with Gasteiger partial charge in [-0.15, -0.1) is 0 Å². The Hall–Kier alpha value is -2.64. The molecule has 0 fully saturated rings. The molecule has 0 aromatic heterocycles. The molecule has 0 amide bonds. The van der Waals surface area contributed by atoms with Crippen molar-refractivity contribution < 1.29 is 38.9 Å². The fourth-order valence-electron chi connectivity index (χ4n) is 1.27. The van der Waals surface area contributed by atoms with Gasteiger partial charge in [0.05, 0.1) is 24.9 Å². The van der Waals surface area contributed by atoms with Gasteiger partial charge >= 0.3 is 23.9 Å². The lowest BCUT2D eigenvalue weighted by atomic mass is 9.89. The minimum Gasteiger partial charge on any atom is -0.481 e. The van der Waals surface area contributed by atoms with Gasteiger partial charge < -0.3 is 19.7 Å². The van der Waals surface area contributed by atoms with Crippen LogP contribution >= 0.6 is 0 Å². The van der Waals surface area contributed by atoms with Gasteiger partial charge in [-0.25, -0.2) is 0 Å². The summed E-state index contributed by atoms with van der Waals surface area (Å²) in [5.41, 5.74) is 0. The summed E-state index contributed by atoms with van der Waals surface area (Å²) in [5, 5.41) is 17.5. The second kappa shape index (κ2) is 7.64. The number of ether oxygens (including phenoxy) is 2. The summed E-state index contributed by atoms with van der Waals surface area (Å²) in [5.74, 6) is -9.42. The third kappa shape index (κ3) is 5.02. The molecule has 1 unspecified atom stereocenters. The van der Waals surface area contributed by atoms with Gasteiger partial charge in [0, 0.05) is 0 Å². The highest BCUT2D eigenvalue weighted by Crippen LogP contribution is 2.20. The average molecular weight is 272 g/mol. The lowest BCUT2D eigenvalue weighted by Gasteiger charge is -2.18. The first-order valence-electron chi connectivity index (χ1n) is 4.92. The number of carboxylic acid groups (broad SMARTS) is 2. The summed E-state index contributed by atoms with van der Waals surface area (Å²) in [6.07, 6.45) is 0.435. The fourth-order valence-corrected chi connectivity index (χ4v) is 1.27. The van der Waals surface area contributed by atoms with E-state index in [9.17, 15) is 19.2 Å². The minimum absolute atomic E-state index is 0.691. The van der Waals surface area contributed by atoms with Crippen molar-refractivity contribution in [1.82, 2.24) is 0 Å². The highest BCUT2D eigenvalue weighted by molar-refractivity contribution is 6.00. The molecule has 0 saturated heterocycles. The Labute approximate surface area is 107 Å². The Balaban J connectivity index is 5.36. The van der Waals surface area contributed by atoms with Gasteiger partial charge in [0.25, 0.3) is 0 Å². The van der Waals surface area contributed by atoms with E-state index >= 15 is 0 Å². The molecule has 0 aliphatic carbocycles. The lowest BCUT2D eigenvalue weighted by Crippen LogP contribution is -2.38. The van der Waals surface area contributed by atoms with E-state index in [4.69, 9.17) is 10.2 Å². The summed E-state index contributed by atoms with van der Waals surface area (Å²) < 4.78 is 8.64. The highest BCUT2D eigenvalue weighted by atomic mass is 16.5. The molecule has 0 aliphatic rings. The maximum atomic E-state index is 11.5. The molecule has 0 rings (SSSR count). The molecule has 0 bridgehead atoms. The summed E-state index contributed by atoms with van der Waals surface area (Å²) in [4.78, 5) is 44.5. The van der Waals surface area contributed by atoms with Gasteiger partial charge in [-0.1, -0.05) is 13.2 Å². The van der Waals surface area contributed by atoms with Crippen molar-refractivity contribution in [3.8, 4) is 0 Å². The van der Waals surface area contributed by atoms with E-state index in [0.717, 1.165) is 0 Å². The summed E-state index contributed by atoms with van der Waals surface area (Å²) >= 11 is 0. The number of hydrogen-bond acceptors (Lipinski definition) is 6. The van der Waals surface area contributed by atoms with Crippen LogP contribution in [0.4, 0.5) is 0 Å². The smallest absolute Gasteiger partial charge is 0.326 e. The van der Waals surface area contributed by atoms with E-state index in [1.165, 1.54) is 0 Å². The number of rotatable bonds is 8. The maximum Gasteiger partial charge on any atom is 0.326 e. The summed E-state index contributed by atoms with van der Waals surface area (Å²) in [7, 11) is 0. The fraction of sp³-hybridized carbons (Fsp3) is 0.273. The molecule has 1 atom stereocenters. The molecular weight excluding hydrogens is 260 g/mol. The van der Waals surface area contributed by atoms with Gasteiger partial charge in [0.1, 0.15) is 0 Å². The third-order valence-electron chi connectivity index (χ3n) is 2.02. The number of esters is 2. The van der Waals surface area contributed by atoms with Gasteiger partial charge in [-0.2, -0.15) is 0 Å². The predicted molar refractivity (Wildman–Crippen MR) is 59.4 cm³/mol. The molecule has 8 nitrogen and oxygen atoms in total. The van der Waals surface area contributed by atoms with Crippen molar-refractivity contribution >= 4 is 23.9 Å². The Morgan fingerprint density at radius 1 is 1.00 bits per heavy atom. The molecule has 0 heterocycles. The van der Waals surface area contributed by atoms with Crippen molar-refractivity contribution in [2.75, 3.05) is 0 Å². The van der Waals surface area contributed by atoms with Gasteiger partial charge in [-0.3, -0.25) is 19.2 Å². The van der Waals surface area contributed by atoms with Crippen LogP contribution in [0.5, 0.6) is 0 Å². The number of carboxylic acids is 2. The number of carbonyl (C=O) groups excluding carboxylic acids is 2. The lowest BCUT2D eigenvalue weighted by molar-refractivity contribution is -0.166. The first-order chi connectivity index (χ1) is 8.84. The topological polar surface area (TPSA) is 127 Å². The summed E-state index contributed by atoms with van der Waals surface area (Å²) in [6, 6.07) is 0. The van der Waals surface area contributed by atoms with Crippen LogP contribution in [0.1, 0.15) is 6.42 Å². The van der Waals surface area contributed by atoms with E-state index < -0.39 is 42.1 Å². The highest BCUT2D eigenvalue weighted by Gasteiger charge is 2.42. The van der Waals surface area contributed by atoms with Crippen molar-refractivity contribution in [1.29, 1.82) is 0 Å². The molecule has 0 radical (unpaired) electrons. The SMILES string of the molecule is C=COC(=O)C(C(=O)OC=C)C(CC(=O)O)C(=O)O. The predicted octanol–water partition coefficient (Wildman–Crippen LogP) is 0.151. The van der Waals surface area contributed by atoms with Crippen molar-refractivity contribution in [3.63, 3.8) is 0 Å². The number of hydrogen-bond donors (Lipinski definition) is 2. The molecule has 2 N–H and O–H groups in total. The largest absolute Gasteiger partial charge is 0.481 e. The third-order valence-corrected chi connectivity index (χ3v) is 2.02. The normalized spacial score (nSPS) is 11.2. The van der Waals surface area contributed by atoms with Crippen LogP contribution in [-0.4, -0.2) is 34.1 Å². The van der Waals surface area contributed by atoms with Crippen LogP contribution in [0.25, 0.3) is 0 Å². The van der Waals surface area contributed by atoms with Crippen molar-refractivity contribution in [3.05, 3.63) is 25.7 Å². The maximum absolute atomic E-state index is 11.5. The zero-order chi connectivity index (χ0) is 15.0. The Morgan fingerprint density at radius 2 is 1.42 bits per heavy atom. The van der Waals surface area contributed by atoms with E-state index in [-0.39, 0.29) is 0 Å². The van der Waals surface area contributed by atoms with E-state index in [1.807, 2.05) is 0 Å². The van der Waals surface area contributed by atoms with Crippen LogP contribution in [0.15, 0.2) is 25.7 Å². The van der Waals surface area contributed by atoms with Gasteiger partial charge in [-0.05, 0) is 0 Å². The quantitative estimate of drug-likeness (QED) is 0.363. The second-order valence-corrected chi connectivity index (χ2v) is 3.23. The molecule has 0 aromatic rings.